The summed E-state index contributed by atoms with van der Waals surface area (Å²) in [6.07, 6.45) is 23.8. The monoisotopic (exact) mass is 265 g/mol. The van der Waals surface area contributed by atoms with E-state index in [0.717, 1.165) is 6.42 Å². The van der Waals surface area contributed by atoms with Gasteiger partial charge in [-0.05, 0) is 52.1 Å². The van der Waals surface area contributed by atoms with Gasteiger partial charge in [0.1, 0.15) is 0 Å². The highest BCUT2D eigenvalue weighted by molar-refractivity contribution is 4.92. The van der Waals surface area contributed by atoms with Crippen molar-refractivity contribution in [1.82, 2.24) is 5.32 Å². The number of nitrogens with one attached hydrogen (secondary N) is 1. The lowest BCUT2D eigenvalue weighted by molar-refractivity contribution is 0.600. The van der Waals surface area contributed by atoms with Crippen LogP contribution in [0.1, 0.15) is 77.6 Å². The Hall–Kier alpha value is -0.560. The molecule has 19 heavy (non-hydrogen) atoms. The molecule has 0 aliphatic heterocycles. The number of hydrogen-bond acceptors (Lipinski definition) is 1. The van der Waals surface area contributed by atoms with Crippen LogP contribution in [-0.2, 0) is 0 Å². The fourth-order valence-corrected chi connectivity index (χ4v) is 2.11. The average molecular weight is 265 g/mol. The van der Waals surface area contributed by atoms with Crippen LogP contribution in [0.3, 0.4) is 0 Å². The smallest absolute Gasteiger partial charge is 0.00519 e. The van der Waals surface area contributed by atoms with Gasteiger partial charge in [0.25, 0.3) is 0 Å². The number of hydrogen-bond donors (Lipinski definition) is 1. The Labute approximate surface area is 121 Å². The highest BCUT2D eigenvalue weighted by atomic mass is 14.8. The molecular formula is C18H35N. The van der Waals surface area contributed by atoms with Crippen molar-refractivity contribution >= 4 is 0 Å². The molecule has 112 valence electrons. The van der Waals surface area contributed by atoms with E-state index >= 15 is 0 Å². The van der Waals surface area contributed by atoms with Gasteiger partial charge >= 0.3 is 0 Å². The zero-order valence-electron chi connectivity index (χ0n) is 13.3. The Balaban J connectivity index is 3.12. The van der Waals surface area contributed by atoms with Crippen molar-refractivity contribution in [2.24, 2.45) is 0 Å². The summed E-state index contributed by atoms with van der Waals surface area (Å²) >= 11 is 0. The van der Waals surface area contributed by atoms with E-state index in [4.69, 9.17) is 0 Å². The molecule has 0 fully saturated rings. The summed E-state index contributed by atoms with van der Waals surface area (Å²) in [5, 5.41) is 3.20. The van der Waals surface area contributed by atoms with Crippen molar-refractivity contribution in [2.45, 2.75) is 77.6 Å². The lowest BCUT2D eigenvalue weighted by Crippen LogP contribution is -2.06. The second-order valence-electron chi connectivity index (χ2n) is 5.33. The zero-order valence-corrected chi connectivity index (χ0v) is 13.3. The van der Waals surface area contributed by atoms with E-state index in [1.165, 1.54) is 70.8 Å². The number of unbranched alkanes of at least 4 members (excludes halogenated alkanes) is 8. The second-order valence-corrected chi connectivity index (χ2v) is 5.33. The van der Waals surface area contributed by atoms with Gasteiger partial charge in [-0.1, -0.05) is 63.3 Å². The quantitative estimate of drug-likeness (QED) is 0.317. The van der Waals surface area contributed by atoms with Crippen molar-refractivity contribution in [3.8, 4) is 0 Å². The molecule has 0 amide bonds. The molecule has 0 bridgehead atoms. The number of allylic oxidation sites excluding steroid dienone is 4. The lowest BCUT2D eigenvalue weighted by Gasteiger charge is -1.99. The van der Waals surface area contributed by atoms with Gasteiger partial charge in [0.15, 0.2) is 0 Å². The summed E-state index contributed by atoms with van der Waals surface area (Å²) in [4.78, 5) is 0. The first-order valence-corrected chi connectivity index (χ1v) is 8.36. The van der Waals surface area contributed by atoms with Crippen molar-refractivity contribution < 1.29 is 0 Å². The minimum Gasteiger partial charge on any atom is -0.320 e. The van der Waals surface area contributed by atoms with Crippen LogP contribution < -0.4 is 5.32 Å². The fraction of sp³-hybridized carbons (Fsp3) is 0.778. The van der Waals surface area contributed by atoms with Gasteiger partial charge in [-0.2, -0.15) is 0 Å². The molecule has 0 aliphatic rings. The third-order valence-corrected chi connectivity index (χ3v) is 3.38. The van der Waals surface area contributed by atoms with Gasteiger partial charge in [0, 0.05) is 0 Å². The summed E-state index contributed by atoms with van der Waals surface area (Å²) < 4.78 is 0. The zero-order chi connectivity index (χ0) is 14.0. The molecule has 0 aromatic heterocycles. The molecule has 1 N–H and O–H groups in total. The standard InChI is InChI=1S/C18H35N/c1-3-4-5-6-7-8-9-10-11-12-13-14-15-16-17-18-19-2/h7-8,10-11,19H,3-6,9,12-18H2,1-2H3/b8-7-,11-10-. The van der Waals surface area contributed by atoms with Crippen LogP contribution in [0.5, 0.6) is 0 Å². The predicted octanol–water partition coefficient (Wildman–Crippen LogP) is 5.63. The van der Waals surface area contributed by atoms with Crippen molar-refractivity contribution in [3.63, 3.8) is 0 Å². The van der Waals surface area contributed by atoms with Gasteiger partial charge in [-0.3, -0.25) is 0 Å². The van der Waals surface area contributed by atoms with E-state index < -0.39 is 0 Å². The summed E-state index contributed by atoms with van der Waals surface area (Å²) in [6, 6.07) is 0. The molecule has 1 heteroatoms. The second kappa shape index (κ2) is 17.4. The van der Waals surface area contributed by atoms with Crippen LogP contribution in [0.4, 0.5) is 0 Å². The predicted molar refractivity (Wildman–Crippen MR) is 88.7 cm³/mol. The maximum Gasteiger partial charge on any atom is -0.00519 e. The normalized spacial score (nSPS) is 11.9. The average Bonchev–Trinajstić information content (AvgIpc) is 2.43. The molecule has 0 rings (SSSR count). The Morgan fingerprint density at radius 3 is 1.89 bits per heavy atom. The molecule has 0 radical (unpaired) electrons. The Bertz CT molecular complexity index is 206. The first kappa shape index (κ1) is 18.4. The molecule has 0 unspecified atom stereocenters. The number of rotatable bonds is 14. The largest absolute Gasteiger partial charge is 0.320 e. The summed E-state index contributed by atoms with van der Waals surface area (Å²) in [7, 11) is 2.03. The molecule has 0 heterocycles. The third-order valence-electron chi connectivity index (χ3n) is 3.38. The SMILES string of the molecule is CCCCC/C=C\C/C=C\CCCCCCCNC. The fourth-order valence-electron chi connectivity index (χ4n) is 2.11. The maximum atomic E-state index is 3.20. The van der Waals surface area contributed by atoms with Crippen LogP contribution >= 0.6 is 0 Å². The Morgan fingerprint density at radius 1 is 0.684 bits per heavy atom. The van der Waals surface area contributed by atoms with Crippen LogP contribution in [0, 0.1) is 0 Å². The first-order valence-electron chi connectivity index (χ1n) is 8.36. The van der Waals surface area contributed by atoms with E-state index in [2.05, 4.69) is 36.5 Å². The highest BCUT2D eigenvalue weighted by Gasteiger charge is 1.88. The molecule has 0 atom stereocenters. The molecule has 0 aliphatic carbocycles. The molecular weight excluding hydrogens is 230 g/mol. The third kappa shape index (κ3) is 17.4. The van der Waals surface area contributed by atoms with Crippen molar-refractivity contribution in [2.75, 3.05) is 13.6 Å². The molecule has 0 saturated carbocycles. The van der Waals surface area contributed by atoms with Crippen LogP contribution in [-0.4, -0.2) is 13.6 Å². The molecule has 1 nitrogen and oxygen atoms in total. The van der Waals surface area contributed by atoms with Crippen LogP contribution in [0.2, 0.25) is 0 Å². The van der Waals surface area contributed by atoms with E-state index in [9.17, 15) is 0 Å². The van der Waals surface area contributed by atoms with E-state index in [1.54, 1.807) is 0 Å². The van der Waals surface area contributed by atoms with Gasteiger partial charge in [0.05, 0.1) is 0 Å². The topological polar surface area (TPSA) is 12.0 Å². The Kier molecular flexibility index (Phi) is 16.9. The molecule has 0 spiro atoms. The van der Waals surface area contributed by atoms with Crippen molar-refractivity contribution in [1.29, 1.82) is 0 Å². The van der Waals surface area contributed by atoms with Gasteiger partial charge in [-0.15, -0.1) is 0 Å². The summed E-state index contributed by atoms with van der Waals surface area (Å²) in [6.45, 7) is 3.43. The molecule has 0 saturated heterocycles. The van der Waals surface area contributed by atoms with E-state index in [-0.39, 0.29) is 0 Å². The molecule has 0 aromatic carbocycles. The Morgan fingerprint density at radius 2 is 1.26 bits per heavy atom. The molecule has 0 aromatic rings. The van der Waals surface area contributed by atoms with Gasteiger partial charge in [-0.25, -0.2) is 0 Å². The maximum absolute atomic E-state index is 3.20. The van der Waals surface area contributed by atoms with Crippen LogP contribution in [0.15, 0.2) is 24.3 Å². The highest BCUT2D eigenvalue weighted by Crippen LogP contribution is 2.06. The van der Waals surface area contributed by atoms with E-state index in [0.29, 0.717) is 0 Å². The van der Waals surface area contributed by atoms with Crippen molar-refractivity contribution in [3.05, 3.63) is 24.3 Å². The summed E-state index contributed by atoms with van der Waals surface area (Å²) in [5.41, 5.74) is 0. The van der Waals surface area contributed by atoms with Crippen LogP contribution in [0.25, 0.3) is 0 Å². The van der Waals surface area contributed by atoms with E-state index in [1.807, 2.05) is 7.05 Å². The lowest BCUT2D eigenvalue weighted by atomic mass is 10.1. The van der Waals surface area contributed by atoms with Gasteiger partial charge in [0.2, 0.25) is 0 Å². The minimum absolute atomic E-state index is 1.12. The summed E-state index contributed by atoms with van der Waals surface area (Å²) in [5.74, 6) is 0. The first-order chi connectivity index (χ1) is 9.41. The van der Waals surface area contributed by atoms with Gasteiger partial charge < -0.3 is 5.32 Å². The minimum atomic E-state index is 1.12.